The van der Waals surface area contributed by atoms with E-state index in [2.05, 4.69) is 37.4 Å². The Bertz CT molecular complexity index is 426. The minimum absolute atomic E-state index is 0. The van der Waals surface area contributed by atoms with Crippen molar-refractivity contribution < 1.29 is 4.79 Å². The number of carbonyl (C=O) groups is 1. The number of nitrogens with one attached hydrogen (secondary N) is 1. The molecule has 0 spiro atoms. The van der Waals surface area contributed by atoms with Crippen molar-refractivity contribution in [3.8, 4) is 0 Å². The molecular formula is C16H27ClN2O. The maximum Gasteiger partial charge on any atom is 0.224 e. The third kappa shape index (κ3) is 5.93. The van der Waals surface area contributed by atoms with Crippen molar-refractivity contribution in [1.29, 1.82) is 0 Å². The fraction of sp³-hybridized carbons (Fsp3) is 0.562. The Balaban J connectivity index is 0.00000361. The molecular weight excluding hydrogens is 272 g/mol. The lowest BCUT2D eigenvalue weighted by molar-refractivity contribution is -0.125. The van der Waals surface area contributed by atoms with Crippen LogP contribution in [0.4, 0.5) is 0 Å². The average Bonchev–Trinajstić information content (AvgIpc) is 2.25. The Morgan fingerprint density at radius 2 is 1.65 bits per heavy atom. The molecule has 0 fully saturated rings. The summed E-state index contributed by atoms with van der Waals surface area (Å²) in [5, 5.41) is 3.03. The Morgan fingerprint density at radius 3 is 2.10 bits per heavy atom. The molecule has 3 atom stereocenters. The highest BCUT2D eigenvalue weighted by molar-refractivity contribution is 5.85. The maximum absolute atomic E-state index is 11.9. The first-order chi connectivity index (χ1) is 8.79. The van der Waals surface area contributed by atoms with Gasteiger partial charge in [0.05, 0.1) is 0 Å². The molecule has 3 N–H and O–H groups in total. The van der Waals surface area contributed by atoms with Crippen molar-refractivity contribution in [3.63, 3.8) is 0 Å². The summed E-state index contributed by atoms with van der Waals surface area (Å²) in [6.45, 7) is 9.95. The molecule has 1 rings (SSSR count). The number of amides is 1. The average molecular weight is 299 g/mol. The van der Waals surface area contributed by atoms with E-state index in [0.29, 0.717) is 0 Å². The molecule has 0 aliphatic rings. The Labute approximate surface area is 128 Å². The highest BCUT2D eigenvalue weighted by Crippen LogP contribution is 2.11. The molecule has 0 aliphatic heterocycles. The van der Waals surface area contributed by atoms with Crippen LogP contribution >= 0.6 is 12.4 Å². The quantitative estimate of drug-likeness (QED) is 0.878. The van der Waals surface area contributed by atoms with E-state index in [1.165, 1.54) is 16.7 Å². The summed E-state index contributed by atoms with van der Waals surface area (Å²) < 4.78 is 0. The second kappa shape index (κ2) is 8.28. The highest BCUT2D eigenvalue weighted by atomic mass is 35.5. The molecule has 0 radical (unpaired) electrons. The molecule has 4 heteroatoms. The topological polar surface area (TPSA) is 55.1 Å². The zero-order valence-electron chi connectivity index (χ0n) is 13.1. The van der Waals surface area contributed by atoms with Gasteiger partial charge in [0, 0.05) is 18.0 Å². The normalized spacial score (nSPS) is 14.9. The monoisotopic (exact) mass is 298 g/mol. The second-order valence-electron chi connectivity index (χ2n) is 5.76. The van der Waals surface area contributed by atoms with Gasteiger partial charge in [-0.15, -0.1) is 12.4 Å². The zero-order chi connectivity index (χ0) is 14.6. The lowest BCUT2D eigenvalue weighted by atomic mass is 10.00. The molecule has 3 nitrogen and oxygen atoms in total. The first kappa shape index (κ1) is 18.9. The largest absolute Gasteiger partial charge is 0.353 e. The summed E-state index contributed by atoms with van der Waals surface area (Å²) >= 11 is 0. The highest BCUT2D eigenvalue weighted by Gasteiger charge is 2.18. The molecule has 0 aromatic heterocycles. The number of hydrogen-bond donors (Lipinski definition) is 2. The number of carbonyl (C=O) groups excluding carboxylic acids is 1. The standard InChI is InChI=1S/C16H26N2O.ClH/c1-10-6-11(2)8-15(7-10)9-12(3)18-16(19)13(4)14(5)17;/h6-8,12-14H,9,17H2,1-5H3,(H,18,19);1H. The van der Waals surface area contributed by atoms with Crippen LogP contribution in [0.1, 0.15) is 37.5 Å². The Kier molecular flexibility index (Phi) is 7.84. The predicted molar refractivity (Wildman–Crippen MR) is 87.3 cm³/mol. The van der Waals surface area contributed by atoms with Gasteiger partial charge in [0.25, 0.3) is 0 Å². The number of benzene rings is 1. The van der Waals surface area contributed by atoms with Crippen LogP contribution in [-0.2, 0) is 11.2 Å². The van der Waals surface area contributed by atoms with Crippen LogP contribution in [0.5, 0.6) is 0 Å². The number of nitrogens with two attached hydrogens (primary N) is 1. The zero-order valence-corrected chi connectivity index (χ0v) is 13.9. The van der Waals surface area contributed by atoms with Crippen LogP contribution in [0.2, 0.25) is 0 Å². The summed E-state index contributed by atoms with van der Waals surface area (Å²) in [6, 6.07) is 6.50. The van der Waals surface area contributed by atoms with Crippen LogP contribution in [-0.4, -0.2) is 18.0 Å². The van der Waals surface area contributed by atoms with Crippen LogP contribution in [0.15, 0.2) is 18.2 Å². The van der Waals surface area contributed by atoms with Gasteiger partial charge in [0.1, 0.15) is 0 Å². The predicted octanol–water partition coefficient (Wildman–Crippen LogP) is 2.76. The van der Waals surface area contributed by atoms with Crippen molar-refractivity contribution in [2.45, 2.75) is 53.1 Å². The number of aryl methyl sites for hydroxylation is 2. The van der Waals surface area contributed by atoms with Gasteiger partial charge in [-0.3, -0.25) is 4.79 Å². The van der Waals surface area contributed by atoms with Gasteiger partial charge in [0.2, 0.25) is 5.91 Å². The molecule has 1 aromatic carbocycles. The molecule has 0 heterocycles. The van der Waals surface area contributed by atoms with Gasteiger partial charge in [-0.05, 0) is 39.7 Å². The van der Waals surface area contributed by atoms with Gasteiger partial charge < -0.3 is 11.1 Å². The maximum atomic E-state index is 11.9. The molecule has 3 unspecified atom stereocenters. The minimum Gasteiger partial charge on any atom is -0.353 e. The summed E-state index contributed by atoms with van der Waals surface area (Å²) in [6.07, 6.45) is 0.847. The lowest BCUT2D eigenvalue weighted by Crippen LogP contribution is -2.43. The van der Waals surface area contributed by atoms with Crippen molar-refractivity contribution >= 4 is 18.3 Å². The van der Waals surface area contributed by atoms with Gasteiger partial charge in [-0.25, -0.2) is 0 Å². The third-order valence-corrected chi connectivity index (χ3v) is 3.41. The van der Waals surface area contributed by atoms with Crippen molar-refractivity contribution in [1.82, 2.24) is 5.32 Å². The van der Waals surface area contributed by atoms with E-state index >= 15 is 0 Å². The molecule has 0 saturated carbocycles. The van der Waals surface area contributed by atoms with E-state index in [1.54, 1.807) is 0 Å². The molecule has 0 bridgehead atoms. The Morgan fingerprint density at radius 1 is 1.15 bits per heavy atom. The first-order valence-corrected chi connectivity index (χ1v) is 6.92. The van der Waals surface area contributed by atoms with Crippen LogP contribution in [0.25, 0.3) is 0 Å². The van der Waals surface area contributed by atoms with E-state index in [9.17, 15) is 4.79 Å². The summed E-state index contributed by atoms with van der Waals surface area (Å²) in [4.78, 5) is 11.9. The summed E-state index contributed by atoms with van der Waals surface area (Å²) in [5.74, 6) is -0.117. The molecule has 114 valence electrons. The van der Waals surface area contributed by atoms with Gasteiger partial charge >= 0.3 is 0 Å². The van der Waals surface area contributed by atoms with Crippen LogP contribution in [0.3, 0.4) is 0 Å². The van der Waals surface area contributed by atoms with E-state index in [4.69, 9.17) is 5.73 Å². The summed E-state index contributed by atoms with van der Waals surface area (Å²) in [5.41, 5.74) is 9.53. The SMILES string of the molecule is Cc1cc(C)cc(CC(C)NC(=O)C(C)C(C)N)c1.Cl. The number of hydrogen-bond acceptors (Lipinski definition) is 2. The van der Waals surface area contributed by atoms with Crippen LogP contribution < -0.4 is 11.1 Å². The fourth-order valence-electron chi connectivity index (χ4n) is 2.20. The van der Waals surface area contributed by atoms with Crippen molar-refractivity contribution in [2.24, 2.45) is 11.7 Å². The minimum atomic E-state index is -0.151. The van der Waals surface area contributed by atoms with E-state index in [-0.39, 0.29) is 36.3 Å². The second-order valence-corrected chi connectivity index (χ2v) is 5.76. The molecule has 0 saturated heterocycles. The number of rotatable bonds is 5. The van der Waals surface area contributed by atoms with Crippen LogP contribution in [0, 0.1) is 19.8 Å². The lowest BCUT2D eigenvalue weighted by Gasteiger charge is -2.20. The number of halogens is 1. The van der Waals surface area contributed by atoms with Crippen molar-refractivity contribution in [2.75, 3.05) is 0 Å². The van der Waals surface area contributed by atoms with Gasteiger partial charge in [-0.2, -0.15) is 0 Å². The molecule has 1 aromatic rings. The van der Waals surface area contributed by atoms with E-state index < -0.39 is 0 Å². The first-order valence-electron chi connectivity index (χ1n) is 6.92. The molecule has 20 heavy (non-hydrogen) atoms. The third-order valence-electron chi connectivity index (χ3n) is 3.41. The smallest absolute Gasteiger partial charge is 0.224 e. The van der Waals surface area contributed by atoms with Crippen molar-refractivity contribution in [3.05, 3.63) is 34.9 Å². The fourth-order valence-corrected chi connectivity index (χ4v) is 2.20. The van der Waals surface area contributed by atoms with Gasteiger partial charge in [0.15, 0.2) is 0 Å². The van der Waals surface area contributed by atoms with E-state index in [0.717, 1.165) is 6.42 Å². The summed E-state index contributed by atoms with van der Waals surface area (Å²) in [7, 11) is 0. The van der Waals surface area contributed by atoms with Gasteiger partial charge in [-0.1, -0.05) is 36.2 Å². The molecule has 0 aliphatic carbocycles. The Hall–Kier alpha value is -1.06. The van der Waals surface area contributed by atoms with E-state index in [1.807, 2.05) is 20.8 Å². The molecule has 1 amide bonds.